The number of carbonyl (C=O) groups is 2. The molecule has 0 aromatic heterocycles. The van der Waals surface area contributed by atoms with Crippen LogP contribution < -0.4 is 4.74 Å². The number of hydrogen-bond donors (Lipinski definition) is 1. The Bertz CT molecular complexity index is 1200. The molecule has 10 nitrogen and oxygen atoms in total. The van der Waals surface area contributed by atoms with Crippen molar-refractivity contribution in [3.63, 3.8) is 0 Å². The molecular formula is C26H29N3O7. The molecular weight excluding hydrogens is 466 g/mol. The van der Waals surface area contributed by atoms with Crippen molar-refractivity contribution in [1.82, 2.24) is 9.80 Å². The van der Waals surface area contributed by atoms with Gasteiger partial charge in [-0.05, 0) is 42.7 Å². The Morgan fingerprint density at radius 3 is 2.58 bits per heavy atom. The number of non-ortho nitro benzene ring substituents is 1. The highest BCUT2D eigenvalue weighted by Gasteiger charge is 2.46. The van der Waals surface area contributed by atoms with Crippen molar-refractivity contribution in [2.45, 2.75) is 19.4 Å². The molecule has 36 heavy (non-hydrogen) atoms. The molecule has 2 aliphatic heterocycles. The molecule has 0 spiro atoms. The number of ether oxygens (including phenoxy) is 2. The quantitative estimate of drug-likeness (QED) is 0.195. The second-order valence-corrected chi connectivity index (χ2v) is 8.83. The minimum atomic E-state index is -0.948. The van der Waals surface area contributed by atoms with Crippen molar-refractivity contribution in [1.29, 1.82) is 0 Å². The number of likely N-dealkylation sites (tertiary alicyclic amines) is 1. The van der Waals surface area contributed by atoms with Crippen LogP contribution in [0.15, 0.2) is 48.0 Å². The van der Waals surface area contributed by atoms with Crippen molar-refractivity contribution in [2.75, 3.05) is 46.5 Å². The van der Waals surface area contributed by atoms with Gasteiger partial charge < -0.3 is 19.5 Å². The fourth-order valence-electron chi connectivity index (χ4n) is 4.73. The zero-order valence-electron chi connectivity index (χ0n) is 20.3. The topological polar surface area (TPSA) is 122 Å². The van der Waals surface area contributed by atoms with Gasteiger partial charge in [-0.2, -0.15) is 0 Å². The molecule has 1 N–H and O–H groups in total. The van der Waals surface area contributed by atoms with Crippen LogP contribution in [0.2, 0.25) is 0 Å². The van der Waals surface area contributed by atoms with E-state index in [1.54, 1.807) is 31.2 Å². The number of aliphatic hydroxyl groups is 1. The number of Topliss-reactive ketones (excluding diaryl/α,β-unsaturated/α-hetero) is 1. The van der Waals surface area contributed by atoms with Gasteiger partial charge in [0, 0.05) is 43.9 Å². The molecule has 1 atom stereocenters. The molecule has 190 valence electrons. The standard InChI is InChI=1S/C26H29N3O7/c1-17-15-20(35-2)7-8-21(17)24(30)22-23(18-5-3-6-19(16-18)29(33)34)28(26(32)25(22)31)10-4-9-27-11-13-36-14-12-27/h3,5-8,15-16,23,30H,4,9-14H2,1-2H3/b24-22+. The number of nitrogens with zero attached hydrogens (tertiary/aromatic N) is 3. The maximum absolute atomic E-state index is 13.2. The molecule has 1 amide bonds. The molecule has 2 fully saturated rings. The van der Waals surface area contributed by atoms with E-state index >= 15 is 0 Å². The number of ketones is 1. The number of carbonyl (C=O) groups excluding carboxylic acids is 2. The van der Waals surface area contributed by atoms with Gasteiger partial charge in [-0.25, -0.2) is 0 Å². The number of aryl methyl sites for hydroxylation is 1. The molecule has 2 heterocycles. The molecule has 2 aliphatic rings. The molecule has 0 saturated carbocycles. The Morgan fingerprint density at radius 1 is 1.17 bits per heavy atom. The monoisotopic (exact) mass is 495 g/mol. The van der Waals surface area contributed by atoms with Crippen LogP contribution in [0.3, 0.4) is 0 Å². The third kappa shape index (κ3) is 5.09. The van der Waals surface area contributed by atoms with Gasteiger partial charge in [-0.3, -0.25) is 24.6 Å². The average Bonchev–Trinajstić information content (AvgIpc) is 3.14. The summed E-state index contributed by atoms with van der Waals surface area (Å²) in [5.41, 5.74) is 1.19. The lowest BCUT2D eigenvalue weighted by Crippen LogP contribution is -2.39. The second-order valence-electron chi connectivity index (χ2n) is 8.83. The number of methoxy groups -OCH3 is 1. The van der Waals surface area contributed by atoms with Gasteiger partial charge in [0.25, 0.3) is 17.4 Å². The summed E-state index contributed by atoms with van der Waals surface area (Å²) in [5.74, 6) is -1.28. The van der Waals surface area contributed by atoms with Gasteiger partial charge in [0.1, 0.15) is 11.5 Å². The number of rotatable bonds is 8. The molecule has 1 unspecified atom stereocenters. The summed E-state index contributed by atoms with van der Waals surface area (Å²) in [6.45, 7) is 5.63. The van der Waals surface area contributed by atoms with Crippen LogP contribution in [-0.4, -0.2) is 78.0 Å². The van der Waals surface area contributed by atoms with Crippen LogP contribution in [0, 0.1) is 17.0 Å². The largest absolute Gasteiger partial charge is 0.507 e. The average molecular weight is 496 g/mol. The molecule has 0 aliphatic carbocycles. The van der Waals surface area contributed by atoms with Crippen molar-refractivity contribution in [2.24, 2.45) is 0 Å². The Labute approximate surface area is 208 Å². The van der Waals surface area contributed by atoms with Gasteiger partial charge in [-0.1, -0.05) is 12.1 Å². The van der Waals surface area contributed by atoms with Gasteiger partial charge in [0.2, 0.25) is 0 Å². The molecule has 2 saturated heterocycles. The van der Waals surface area contributed by atoms with E-state index in [1.165, 1.54) is 30.2 Å². The fraction of sp³-hybridized carbons (Fsp3) is 0.385. The first-order valence-corrected chi connectivity index (χ1v) is 11.8. The molecule has 2 aromatic rings. The lowest BCUT2D eigenvalue weighted by atomic mass is 9.93. The normalized spacial score (nSPS) is 20.1. The van der Waals surface area contributed by atoms with Crippen LogP contribution in [0.25, 0.3) is 5.76 Å². The van der Waals surface area contributed by atoms with E-state index in [-0.39, 0.29) is 23.6 Å². The first-order chi connectivity index (χ1) is 17.3. The fourth-order valence-corrected chi connectivity index (χ4v) is 4.73. The first-order valence-electron chi connectivity index (χ1n) is 11.8. The summed E-state index contributed by atoms with van der Waals surface area (Å²) < 4.78 is 10.6. The second kappa shape index (κ2) is 10.9. The van der Waals surface area contributed by atoms with Gasteiger partial charge in [0.15, 0.2) is 0 Å². The Balaban J connectivity index is 1.74. The smallest absolute Gasteiger partial charge is 0.295 e. The summed E-state index contributed by atoms with van der Waals surface area (Å²) in [4.78, 5) is 40.9. The molecule has 2 aromatic carbocycles. The predicted molar refractivity (Wildman–Crippen MR) is 132 cm³/mol. The Hall–Kier alpha value is -3.76. The minimum absolute atomic E-state index is 0.0832. The number of amides is 1. The van der Waals surface area contributed by atoms with Gasteiger partial charge in [0.05, 0.1) is 36.9 Å². The third-order valence-electron chi connectivity index (χ3n) is 6.60. The molecule has 10 heteroatoms. The maximum atomic E-state index is 13.2. The molecule has 0 radical (unpaired) electrons. The zero-order valence-corrected chi connectivity index (χ0v) is 20.3. The summed E-state index contributed by atoms with van der Waals surface area (Å²) in [6, 6.07) is 9.89. The summed E-state index contributed by atoms with van der Waals surface area (Å²) >= 11 is 0. The SMILES string of the molecule is COc1ccc(/C(O)=C2\C(=O)C(=O)N(CCCN3CCOCC3)C2c2cccc([N+](=O)[O-])c2)c(C)c1. The highest BCUT2D eigenvalue weighted by atomic mass is 16.6. The molecule has 4 rings (SSSR count). The van der Waals surface area contributed by atoms with E-state index in [2.05, 4.69) is 4.90 Å². The van der Waals surface area contributed by atoms with E-state index in [0.717, 1.165) is 13.1 Å². The zero-order chi connectivity index (χ0) is 25.8. The lowest BCUT2D eigenvalue weighted by molar-refractivity contribution is -0.384. The summed E-state index contributed by atoms with van der Waals surface area (Å²) in [6.07, 6.45) is 0.597. The maximum Gasteiger partial charge on any atom is 0.295 e. The summed E-state index contributed by atoms with van der Waals surface area (Å²) in [7, 11) is 1.53. The first kappa shape index (κ1) is 25.3. The van der Waals surface area contributed by atoms with E-state index < -0.39 is 22.7 Å². The Kier molecular flexibility index (Phi) is 7.66. The van der Waals surface area contributed by atoms with Crippen LogP contribution in [-0.2, 0) is 14.3 Å². The van der Waals surface area contributed by atoms with Crippen molar-refractivity contribution >= 4 is 23.1 Å². The van der Waals surface area contributed by atoms with Crippen LogP contribution in [0.1, 0.15) is 29.2 Å². The van der Waals surface area contributed by atoms with E-state index in [0.29, 0.717) is 48.6 Å². The minimum Gasteiger partial charge on any atom is -0.507 e. The number of hydrogen-bond acceptors (Lipinski definition) is 8. The number of nitro benzene ring substituents is 1. The van der Waals surface area contributed by atoms with Crippen molar-refractivity contribution in [3.8, 4) is 5.75 Å². The Morgan fingerprint density at radius 2 is 1.92 bits per heavy atom. The van der Waals surface area contributed by atoms with E-state index in [4.69, 9.17) is 9.47 Å². The highest BCUT2D eigenvalue weighted by Crippen LogP contribution is 2.41. The third-order valence-corrected chi connectivity index (χ3v) is 6.60. The van der Waals surface area contributed by atoms with Gasteiger partial charge >= 0.3 is 0 Å². The van der Waals surface area contributed by atoms with Crippen LogP contribution >= 0.6 is 0 Å². The summed E-state index contributed by atoms with van der Waals surface area (Å²) in [5, 5.41) is 22.7. The number of morpholine rings is 1. The van der Waals surface area contributed by atoms with E-state index in [1.807, 2.05) is 0 Å². The number of nitro groups is 1. The van der Waals surface area contributed by atoms with E-state index in [9.17, 15) is 24.8 Å². The number of benzene rings is 2. The highest BCUT2D eigenvalue weighted by molar-refractivity contribution is 6.46. The van der Waals surface area contributed by atoms with Crippen molar-refractivity contribution < 1.29 is 29.1 Å². The predicted octanol–water partition coefficient (Wildman–Crippen LogP) is 3.06. The van der Waals surface area contributed by atoms with Gasteiger partial charge in [-0.15, -0.1) is 0 Å². The number of aliphatic hydroxyl groups excluding tert-OH is 1. The molecule has 0 bridgehead atoms. The lowest BCUT2D eigenvalue weighted by Gasteiger charge is -2.29. The van der Waals surface area contributed by atoms with Crippen molar-refractivity contribution in [3.05, 3.63) is 74.8 Å². The van der Waals surface area contributed by atoms with Crippen LogP contribution in [0.4, 0.5) is 5.69 Å². The van der Waals surface area contributed by atoms with Crippen LogP contribution in [0.5, 0.6) is 5.75 Å².